The van der Waals surface area contributed by atoms with Crippen LogP contribution in [0.25, 0.3) is 0 Å². The Kier molecular flexibility index (Phi) is 6.91. The van der Waals surface area contributed by atoms with Gasteiger partial charge in [-0.3, -0.25) is 4.90 Å². The predicted molar refractivity (Wildman–Crippen MR) is 138 cm³/mol. The number of benzene rings is 3. The third kappa shape index (κ3) is 5.60. The van der Waals surface area contributed by atoms with Crippen LogP contribution in [-0.2, 0) is 13.1 Å². The molecular weight excluding hydrogens is 438 g/mol. The molecular formula is C29H33N3O3. The van der Waals surface area contributed by atoms with Crippen LogP contribution in [0.15, 0.2) is 66.7 Å². The lowest BCUT2D eigenvalue weighted by Crippen LogP contribution is -2.48. The van der Waals surface area contributed by atoms with E-state index in [2.05, 4.69) is 53.5 Å². The highest BCUT2D eigenvalue weighted by Crippen LogP contribution is 2.33. The maximum atomic E-state index is 13.6. The van der Waals surface area contributed by atoms with Crippen LogP contribution in [0.3, 0.4) is 0 Å². The number of nitrogens with one attached hydrogen (secondary N) is 1. The number of fused-ring (bicyclic) bond motifs is 1. The molecule has 0 radical (unpaired) electrons. The van der Waals surface area contributed by atoms with E-state index in [4.69, 9.17) is 9.47 Å². The van der Waals surface area contributed by atoms with Crippen LogP contribution in [-0.4, -0.2) is 41.8 Å². The molecule has 2 heterocycles. The molecule has 3 aromatic carbocycles. The lowest BCUT2D eigenvalue weighted by molar-refractivity contribution is 0.119. The quantitative estimate of drug-likeness (QED) is 0.499. The molecule has 182 valence electrons. The highest BCUT2D eigenvalue weighted by molar-refractivity contribution is 5.90. The van der Waals surface area contributed by atoms with E-state index in [0.29, 0.717) is 6.54 Å². The molecule has 2 aliphatic rings. The lowest BCUT2D eigenvalue weighted by atomic mass is 10.0. The fourth-order valence-corrected chi connectivity index (χ4v) is 4.97. The summed E-state index contributed by atoms with van der Waals surface area (Å²) < 4.78 is 11.0. The Balaban J connectivity index is 1.31. The number of likely N-dealkylation sites (tertiary alicyclic amines) is 1. The average molecular weight is 472 g/mol. The van der Waals surface area contributed by atoms with Crippen molar-refractivity contribution in [3.63, 3.8) is 0 Å². The normalized spacial score (nSPS) is 15.7. The second-order valence-corrected chi connectivity index (χ2v) is 9.56. The number of ether oxygens (including phenoxy) is 2. The van der Waals surface area contributed by atoms with Crippen molar-refractivity contribution in [2.75, 3.05) is 25.2 Å². The van der Waals surface area contributed by atoms with Crippen molar-refractivity contribution in [3.8, 4) is 11.5 Å². The fraction of sp³-hybridized carbons (Fsp3) is 0.345. The molecule has 1 fully saturated rings. The summed E-state index contributed by atoms with van der Waals surface area (Å²) in [7, 11) is 0. The Morgan fingerprint density at radius 1 is 0.943 bits per heavy atom. The van der Waals surface area contributed by atoms with E-state index in [-0.39, 0.29) is 18.9 Å². The highest BCUT2D eigenvalue weighted by Gasteiger charge is 2.29. The molecule has 0 atom stereocenters. The molecule has 2 aliphatic heterocycles. The number of nitrogens with zero attached hydrogens (tertiary/aromatic N) is 2. The van der Waals surface area contributed by atoms with Crippen LogP contribution in [0.1, 0.15) is 35.1 Å². The highest BCUT2D eigenvalue weighted by atomic mass is 16.7. The van der Waals surface area contributed by atoms with E-state index in [0.717, 1.165) is 60.8 Å². The Morgan fingerprint density at radius 3 is 2.49 bits per heavy atom. The van der Waals surface area contributed by atoms with E-state index in [1.165, 1.54) is 11.1 Å². The summed E-state index contributed by atoms with van der Waals surface area (Å²) in [5.74, 6) is 1.50. The third-order valence-corrected chi connectivity index (χ3v) is 6.92. The minimum atomic E-state index is -0.0591. The Bertz CT molecular complexity index is 1170. The Labute approximate surface area is 207 Å². The second-order valence-electron chi connectivity index (χ2n) is 9.56. The number of hydrogen-bond acceptors (Lipinski definition) is 4. The summed E-state index contributed by atoms with van der Waals surface area (Å²) in [6, 6.07) is 22.8. The van der Waals surface area contributed by atoms with Crippen molar-refractivity contribution in [1.82, 2.24) is 9.80 Å². The lowest BCUT2D eigenvalue weighted by Gasteiger charge is -2.38. The molecule has 0 aliphatic carbocycles. The van der Waals surface area contributed by atoms with E-state index in [1.54, 1.807) is 0 Å². The van der Waals surface area contributed by atoms with Crippen LogP contribution in [0.5, 0.6) is 11.5 Å². The van der Waals surface area contributed by atoms with Gasteiger partial charge in [0.1, 0.15) is 0 Å². The standard InChI is InChI=1S/C29H33N3O3/c1-21-8-10-26(22(2)16-21)30-29(33)32(19-24-9-11-27-28(17-24)35-20-34-27)25-12-14-31(15-13-25)18-23-6-4-3-5-7-23/h3-11,16-17,25H,12-15,18-20H2,1-2H3,(H,30,33). The van der Waals surface area contributed by atoms with Gasteiger partial charge in [0.25, 0.3) is 0 Å². The number of amides is 2. The van der Waals surface area contributed by atoms with Crippen molar-refractivity contribution in [2.45, 2.75) is 45.8 Å². The largest absolute Gasteiger partial charge is 0.454 e. The summed E-state index contributed by atoms with van der Waals surface area (Å²) in [6.45, 7) is 7.75. The molecule has 3 aromatic rings. The topological polar surface area (TPSA) is 54.0 Å². The number of carbonyl (C=O) groups excluding carboxylic acids is 1. The minimum absolute atomic E-state index is 0.0591. The van der Waals surface area contributed by atoms with Crippen molar-refractivity contribution in [3.05, 3.63) is 89.0 Å². The van der Waals surface area contributed by atoms with Crippen molar-refractivity contribution >= 4 is 11.7 Å². The fourth-order valence-electron chi connectivity index (χ4n) is 4.97. The molecule has 35 heavy (non-hydrogen) atoms. The van der Waals surface area contributed by atoms with Gasteiger partial charge >= 0.3 is 6.03 Å². The molecule has 0 saturated carbocycles. The van der Waals surface area contributed by atoms with Gasteiger partial charge in [0.05, 0.1) is 0 Å². The zero-order valence-corrected chi connectivity index (χ0v) is 20.5. The first-order valence-electron chi connectivity index (χ1n) is 12.3. The van der Waals surface area contributed by atoms with Crippen molar-refractivity contribution < 1.29 is 14.3 Å². The van der Waals surface area contributed by atoms with Crippen molar-refractivity contribution in [2.24, 2.45) is 0 Å². The number of aryl methyl sites for hydroxylation is 2. The zero-order valence-electron chi connectivity index (χ0n) is 20.5. The predicted octanol–water partition coefficient (Wildman–Crippen LogP) is 5.73. The van der Waals surface area contributed by atoms with Crippen LogP contribution in [0.4, 0.5) is 10.5 Å². The van der Waals surface area contributed by atoms with Crippen molar-refractivity contribution in [1.29, 1.82) is 0 Å². The number of urea groups is 1. The molecule has 6 nitrogen and oxygen atoms in total. The summed E-state index contributed by atoms with van der Waals surface area (Å²) in [5.41, 5.74) is 5.48. The van der Waals surface area contributed by atoms with Gasteiger partial charge in [-0.05, 0) is 61.6 Å². The van der Waals surface area contributed by atoms with Gasteiger partial charge in [-0.15, -0.1) is 0 Å². The second kappa shape index (κ2) is 10.4. The van der Waals surface area contributed by atoms with Gasteiger partial charge in [0, 0.05) is 37.9 Å². The first-order valence-corrected chi connectivity index (χ1v) is 12.3. The smallest absolute Gasteiger partial charge is 0.322 e. The number of carbonyl (C=O) groups is 1. The van der Waals surface area contributed by atoms with Gasteiger partial charge in [0.2, 0.25) is 6.79 Å². The molecule has 0 spiro atoms. The first kappa shape index (κ1) is 23.2. The van der Waals surface area contributed by atoms with Gasteiger partial charge < -0.3 is 19.7 Å². The molecule has 5 rings (SSSR count). The molecule has 6 heteroatoms. The van der Waals surface area contributed by atoms with E-state index < -0.39 is 0 Å². The van der Waals surface area contributed by atoms with Crippen LogP contribution in [0, 0.1) is 13.8 Å². The number of anilines is 1. The van der Waals surface area contributed by atoms with E-state index in [1.807, 2.05) is 42.2 Å². The van der Waals surface area contributed by atoms with Gasteiger partial charge in [-0.2, -0.15) is 0 Å². The maximum absolute atomic E-state index is 13.6. The summed E-state index contributed by atoms with van der Waals surface area (Å²) in [4.78, 5) is 18.1. The molecule has 0 unspecified atom stereocenters. The van der Waals surface area contributed by atoms with E-state index >= 15 is 0 Å². The van der Waals surface area contributed by atoms with E-state index in [9.17, 15) is 4.79 Å². The summed E-state index contributed by atoms with van der Waals surface area (Å²) in [5, 5.41) is 3.18. The minimum Gasteiger partial charge on any atom is -0.454 e. The summed E-state index contributed by atoms with van der Waals surface area (Å²) >= 11 is 0. The van der Waals surface area contributed by atoms with Crippen LogP contribution < -0.4 is 14.8 Å². The molecule has 0 aromatic heterocycles. The number of rotatable bonds is 6. The molecule has 0 bridgehead atoms. The monoisotopic (exact) mass is 471 g/mol. The Hall–Kier alpha value is -3.51. The van der Waals surface area contributed by atoms with Gasteiger partial charge in [0.15, 0.2) is 11.5 Å². The van der Waals surface area contributed by atoms with Gasteiger partial charge in [-0.1, -0.05) is 54.1 Å². The molecule has 2 amide bonds. The third-order valence-electron chi connectivity index (χ3n) is 6.92. The van der Waals surface area contributed by atoms with Crippen LogP contribution >= 0.6 is 0 Å². The number of hydrogen-bond donors (Lipinski definition) is 1. The maximum Gasteiger partial charge on any atom is 0.322 e. The average Bonchev–Trinajstić information content (AvgIpc) is 3.33. The van der Waals surface area contributed by atoms with Gasteiger partial charge in [-0.25, -0.2) is 4.79 Å². The zero-order chi connectivity index (χ0) is 24.2. The summed E-state index contributed by atoms with van der Waals surface area (Å²) in [6.07, 6.45) is 1.88. The number of piperidine rings is 1. The van der Waals surface area contributed by atoms with Crippen LogP contribution in [0.2, 0.25) is 0 Å². The molecule has 1 saturated heterocycles. The Morgan fingerprint density at radius 2 is 1.71 bits per heavy atom. The molecule has 1 N–H and O–H groups in total. The first-order chi connectivity index (χ1) is 17.0. The SMILES string of the molecule is Cc1ccc(NC(=O)N(Cc2ccc3c(c2)OCO3)C2CCN(Cc3ccccc3)CC2)c(C)c1.